The van der Waals surface area contributed by atoms with Gasteiger partial charge in [0.25, 0.3) is 5.91 Å². The fraction of sp³-hybridized carbons (Fsp3) is 0.316. The number of carbonyl (C=O) groups excluding carboxylic acids is 1. The maximum Gasteiger partial charge on any atom is 0.251 e. The molecule has 0 aromatic heterocycles. The molecular formula is C19H21ClN2O2. The quantitative estimate of drug-likeness (QED) is 0.906. The van der Waals surface area contributed by atoms with Crippen LogP contribution in [-0.2, 0) is 4.74 Å². The van der Waals surface area contributed by atoms with E-state index < -0.39 is 0 Å². The summed E-state index contributed by atoms with van der Waals surface area (Å²) in [5.41, 5.74) is 1.82. The van der Waals surface area contributed by atoms with E-state index in [0.717, 1.165) is 31.9 Å². The maximum atomic E-state index is 12.3. The number of amides is 1. The number of hydrogen-bond donors (Lipinski definition) is 1. The second-order valence-corrected chi connectivity index (χ2v) is 6.23. The number of rotatable bonds is 5. The van der Waals surface area contributed by atoms with Crippen LogP contribution >= 0.6 is 11.6 Å². The average molecular weight is 345 g/mol. The third kappa shape index (κ3) is 4.35. The molecule has 1 saturated heterocycles. The highest BCUT2D eigenvalue weighted by Crippen LogP contribution is 2.23. The zero-order valence-corrected chi connectivity index (χ0v) is 14.2. The molecular weight excluding hydrogens is 324 g/mol. The number of halogens is 1. The van der Waals surface area contributed by atoms with E-state index in [1.165, 1.54) is 0 Å². The molecule has 2 aromatic rings. The average Bonchev–Trinajstić information content (AvgIpc) is 2.65. The van der Waals surface area contributed by atoms with E-state index in [4.69, 9.17) is 16.3 Å². The summed E-state index contributed by atoms with van der Waals surface area (Å²) in [5.74, 6) is -0.0529. The number of morpholine rings is 1. The van der Waals surface area contributed by atoms with Gasteiger partial charge in [0.2, 0.25) is 0 Å². The molecule has 0 bridgehead atoms. The minimum Gasteiger partial charge on any atom is -0.379 e. The molecule has 0 saturated carbocycles. The highest BCUT2D eigenvalue weighted by molar-refractivity contribution is 6.30. The first-order valence-corrected chi connectivity index (χ1v) is 8.52. The van der Waals surface area contributed by atoms with Gasteiger partial charge in [0, 0.05) is 30.2 Å². The van der Waals surface area contributed by atoms with E-state index in [9.17, 15) is 4.79 Å². The van der Waals surface area contributed by atoms with Crippen LogP contribution in [0, 0.1) is 0 Å². The highest BCUT2D eigenvalue weighted by Gasteiger charge is 2.23. The van der Waals surface area contributed by atoms with E-state index in [1.54, 1.807) is 0 Å². The molecule has 1 fully saturated rings. The monoisotopic (exact) mass is 344 g/mol. The summed E-state index contributed by atoms with van der Waals surface area (Å²) in [7, 11) is 0. The fourth-order valence-electron chi connectivity index (χ4n) is 2.91. The van der Waals surface area contributed by atoms with Crippen molar-refractivity contribution in [2.45, 2.75) is 6.04 Å². The number of hydrogen-bond acceptors (Lipinski definition) is 3. The van der Waals surface area contributed by atoms with Crippen LogP contribution in [0.5, 0.6) is 0 Å². The molecule has 1 heterocycles. The van der Waals surface area contributed by atoms with Crippen LogP contribution < -0.4 is 5.32 Å². The third-order valence-corrected chi connectivity index (χ3v) is 4.49. The van der Waals surface area contributed by atoms with Crippen molar-refractivity contribution in [3.63, 3.8) is 0 Å². The lowest BCUT2D eigenvalue weighted by Crippen LogP contribution is -2.43. The molecule has 0 spiro atoms. The first-order valence-electron chi connectivity index (χ1n) is 8.14. The van der Waals surface area contributed by atoms with Crippen molar-refractivity contribution in [1.82, 2.24) is 10.2 Å². The summed E-state index contributed by atoms with van der Waals surface area (Å²) in [6.45, 7) is 3.70. The Kier molecular flexibility index (Phi) is 5.86. The number of carbonyl (C=O) groups is 1. The Balaban J connectivity index is 1.72. The molecule has 1 atom stereocenters. The van der Waals surface area contributed by atoms with Gasteiger partial charge in [-0.15, -0.1) is 0 Å². The zero-order valence-electron chi connectivity index (χ0n) is 13.5. The Morgan fingerprint density at radius 1 is 1.08 bits per heavy atom. The van der Waals surface area contributed by atoms with Gasteiger partial charge >= 0.3 is 0 Å². The Labute approximate surface area is 147 Å². The largest absolute Gasteiger partial charge is 0.379 e. The fourth-order valence-corrected chi connectivity index (χ4v) is 3.04. The van der Waals surface area contributed by atoms with Gasteiger partial charge < -0.3 is 10.1 Å². The van der Waals surface area contributed by atoms with Gasteiger partial charge in [0.1, 0.15) is 0 Å². The van der Waals surface area contributed by atoms with Crippen LogP contribution in [0.15, 0.2) is 54.6 Å². The summed E-state index contributed by atoms with van der Waals surface area (Å²) >= 11 is 6.01. The Morgan fingerprint density at radius 3 is 2.42 bits per heavy atom. The molecule has 126 valence electrons. The van der Waals surface area contributed by atoms with Gasteiger partial charge in [-0.1, -0.05) is 41.9 Å². The van der Waals surface area contributed by atoms with Crippen LogP contribution in [0.3, 0.4) is 0 Å². The number of ether oxygens (including phenoxy) is 1. The van der Waals surface area contributed by atoms with Crippen molar-refractivity contribution in [1.29, 1.82) is 0 Å². The van der Waals surface area contributed by atoms with Crippen LogP contribution in [0.2, 0.25) is 5.02 Å². The summed E-state index contributed by atoms with van der Waals surface area (Å²) in [4.78, 5) is 14.7. The molecule has 1 N–H and O–H groups in total. The van der Waals surface area contributed by atoms with Gasteiger partial charge in [-0.25, -0.2) is 0 Å². The lowest BCUT2D eigenvalue weighted by atomic mass is 10.0. The minimum absolute atomic E-state index is 0.0529. The van der Waals surface area contributed by atoms with Crippen LogP contribution in [0.1, 0.15) is 22.0 Å². The predicted molar refractivity (Wildman–Crippen MR) is 95.4 cm³/mol. The standard InChI is InChI=1S/C19H21ClN2O2/c20-17-8-6-15(7-9-17)18(22-10-12-24-13-11-22)14-21-19(23)16-4-2-1-3-5-16/h1-9,18H,10-14H2,(H,21,23)/t18-/m1/s1. The van der Waals surface area contributed by atoms with Crippen molar-refractivity contribution >= 4 is 17.5 Å². The summed E-state index contributed by atoms with van der Waals surface area (Å²) in [5, 5.41) is 3.77. The molecule has 0 unspecified atom stereocenters. The lowest BCUT2D eigenvalue weighted by Gasteiger charge is -2.35. The van der Waals surface area contributed by atoms with E-state index in [-0.39, 0.29) is 11.9 Å². The van der Waals surface area contributed by atoms with E-state index in [1.807, 2.05) is 54.6 Å². The van der Waals surface area contributed by atoms with Crippen molar-refractivity contribution in [3.8, 4) is 0 Å². The first kappa shape index (κ1) is 17.0. The Hall–Kier alpha value is -1.88. The molecule has 4 nitrogen and oxygen atoms in total. The topological polar surface area (TPSA) is 41.6 Å². The van der Waals surface area contributed by atoms with Crippen molar-refractivity contribution in [2.24, 2.45) is 0 Å². The Bertz CT molecular complexity index is 655. The SMILES string of the molecule is O=C(NC[C@H](c1ccc(Cl)cc1)N1CCOCC1)c1ccccc1. The van der Waals surface area contributed by atoms with Crippen LogP contribution in [0.4, 0.5) is 0 Å². The zero-order chi connectivity index (χ0) is 16.8. The second-order valence-electron chi connectivity index (χ2n) is 5.79. The molecule has 1 aliphatic heterocycles. The number of benzene rings is 2. The maximum absolute atomic E-state index is 12.3. The van der Waals surface area contributed by atoms with Gasteiger partial charge in [0.05, 0.1) is 19.3 Å². The van der Waals surface area contributed by atoms with E-state index in [2.05, 4.69) is 10.2 Å². The van der Waals surface area contributed by atoms with Crippen molar-refractivity contribution in [2.75, 3.05) is 32.8 Å². The minimum atomic E-state index is -0.0529. The highest BCUT2D eigenvalue weighted by atomic mass is 35.5. The first-order chi connectivity index (χ1) is 11.7. The van der Waals surface area contributed by atoms with Gasteiger partial charge in [-0.3, -0.25) is 9.69 Å². The lowest BCUT2D eigenvalue weighted by molar-refractivity contribution is 0.0162. The molecule has 2 aromatic carbocycles. The molecule has 3 rings (SSSR count). The molecule has 0 radical (unpaired) electrons. The van der Waals surface area contributed by atoms with Gasteiger partial charge in [-0.05, 0) is 29.8 Å². The smallest absolute Gasteiger partial charge is 0.251 e. The molecule has 5 heteroatoms. The van der Waals surface area contributed by atoms with E-state index >= 15 is 0 Å². The van der Waals surface area contributed by atoms with Crippen molar-refractivity contribution < 1.29 is 9.53 Å². The molecule has 0 aliphatic carbocycles. The van der Waals surface area contributed by atoms with Crippen LogP contribution in [-0.4, -0.2) is 43.7 Å². The molecule has 1 aliphatic rings. The number of nitrogens with one attached hydrogen (secondary N) is 1. The normalized spacial score (nSPS) is 16.5. The molecule has 1 amide bonds. The van der Waals surface area contributed by atoms with Gasteiger partial charge in [-0.2, -0.15) is 0 Å². The van der Waals surface area contributed by atoms with Gasteiger partial charge in [0.15, 0.2) is 0 Å². The molecule has 24 heavy (non-hydrogen) atoms. The predicted octanol–water partition coefficient (Wildman–Crippen LogP) is 3.14. The van der Waals surface area contributed by atoms with Crippen LogP contribution in [0.25, 0.3) is 0 Å². The summed E-state index contributed by atoms with van der Waals surface area (Å²) in [6.07, 6.45) is 0. The van der Waals surface area contributed by atoms with E-state index in [0.29, 0.717) is 17.1 Å². The summed E-state index contributed by atoms with van der Waals surface area (Å²) in [6, 6.07) is 17.2. The number of nitrogens with zero attached hydrogens (tertiary/aromatic N) is 1. The second kappa shape index (κ2) is 8.29. The van der Waals surface area contributed by atoms with Crippen molar-refractivity contribution in [3.05, 3.63) is 70.7 Å². The third-order valence-electron chi connectivity index (χ3n) is 4.23. The Morgan fingerprint density at radius 2 is 1.75 bits per heavy atom. The summed E-state index contributed by atoms with van der Waals surface area (Å²) < 4.78 is 5.45.